The van der Waals surface area contributed by atoms with Crippen LogP contribution in [0.4, 0.5) is 17.3 Å². The van der Waals surface area contributed by atoms with Gasteiger partial charge in [0.1, 0.15) is 17.4 Å². The van der Waals surface area contributed by atoms with Crippen LogP contribution >= 0.6 is 0 Å². The lowest BCUT2D eigenvalue weighted by molar-refractivity contribution is 0.0748. The Kier molecular flexibility index (Phi) is 5.76. The fourth-order valence-electron chi connectivity index (χ4n) is 4.12. The lowest BCUT2D eigenvalue weighted by atomic mass is 10.1. The summed E-state index contributed by atoms with van der Waals surface area (Å²) in [7, 11) is 1.64. The maximum Gasteiger partial charge on any atom is 0.256 e. The Labute approximate surface area is 192 Å². The van der Waals surface area contributed by atoms with E-state index < -0.39 is 0 Å². The number of ether oxygens (including phenoxy) is 1. The number of anilines is 3. The van der Waals surface area contributed by atoms with Crippen LogP contribution in [0, 0.1) is 0 Å². The molecule has 5 rings (SSSR count). The van der Waals surface area contributed by atoms with Gasteiger partial charge in [0.15, 0.2) is 0 Å². The molecule has 1 aliphatic rings. The molecule has 1 saturated heterocycles. The molecule has 3 heterocycles. The second-order valence-electron chi connectivity index (χ2n) is 7.89. The van der Waals surface area contributed by atoms with Gasteiger partial charge in [0.05, 0.1) is 12.7 Å². The van der Waals surface area contributed by atoms with E-state index in [1.807, 2.05) is 71.6 Å². The number of nitrogens with zero attached hydrogens (tertiary/aromatic N) is 4. The monoisotopic (exact) mass is 439 g/mol. The molecule has 33 heavy (non-hydrogen) atoms. The Hall–Kier alpha value is -4.13. The van der Waals surface area contributed by atoms with Gasteiger partial charge in [0.2, 0.25) is 0 Å². The molecule has 0 spiro atoms. The van der Waals surface area contributed by atoms with Crippen LogP contribution in [0.1, 0.15) is 10.4 Å². The first kappa shape index (κ1) is 20.8. The minimum atomic E-state index is 0.00960. The number of aromatic nitrogens is 2. The zero-order valence-electron chi connectivity index (χ0n) is 18.4. The van der Waals surface area contributed by atoms with Gasteiger partial charge < -0.3 is 19.9 Å². The van der Waals surface area contributed by atoms with E-state index in [4.69, 9.17) is 4.74 Å². The summed E-state index contributed by atoms with van der Waals surface area (Å²) in [5.41, 5.74) is 1.52. The van der Waals surface area contributed by atoms with Crippen molar-refractivity contribution in [1.29, 1.82) is 0 Å². The zero-order valence-corrected chi connectivity index (χ0v) is 18.4. The lowest BCUT2D eigenvalue weighted by Crippen LogP contribution is -2.49. The number of carbonyl (C=O) groups is 1. The summed E-state index contributed by atoms with van der Waals surface area (Å²) in [6.07, 6.45) is 3.48. The largest absolute Gasteiger partial charge is 0.497 e. The van der Waals surface area contributed by atoms with Gasteiger partial charge in [0.25, 0.3) is 5.91 Å². The Morgan fingerprint density at radius 2 is 1.61 bits per heavy atom. The molecule has 4 aromatic rings. The molecular weight excluding hydrogens is 414 g/mol. The second-order valence-corrected chi connectivity index (χ2v) is 7.89. The predicted molar refractivity (Wildman–Crippen MR) is 130 cm³/mol. The molecule has 2 aromatic heterocycles. The number of piperazine rings is 1. The first-order chi connectivity index (χ1) is 16.2. The molecule has 2 aromatic carbocycles. The molecule has 1 N–H and O–H groups in total. The van der Waals surface area contributed by atoms with Crippen LogP contribution in [-0.2, 0) is 0 Å². The zero-order chi connectivity index (χ0) is 22.6. The van der Waals surface area contributed by atoms with Gasteiger partial charge >= 0.3 is 0 Å². The predicted octanol–water partition coefficient (Wildman–Crippen LogP) is 4.34. The quantitative estimate of drug-likeness (QED) is 0.499. The molecule has 7 heteroatoms. The van der Waals surface area contributed by atoms with Crippen molar-refractivity contribution in [1.82, 2.24) is 14.9 Å². The summed E-state index contributed by atoms with van der Waals surface area (Å²) in [4.78, 5) is 26.6. The standard InChI is InChI=1S/C26H25N5O2/c1-33-20-11-9-19(10-12-20)29-25-22-7-3-2-6-21(22)23(18-28-25)26(32)31-16-14-30(15-17-31)24-8-4-5-13-27-24/h2-13,18H,14-17H2,1H3,(H,28,29). The molecule has 1 fully saturated rings. The van der Waals surface area contributed by atoms with Gasteiger partial charge in [-0.05, 0) is 41.8 Å². The van der Waals surface area contributed by atoms with E-state index >= 15 is 0 Å². The highest BCUT2D eigenvalue weighted by molar-refractivity contribution is 6.09. The summed E-state index contributed by atoms with van der Waals surface area (Å²) < 4.78 is 5.23. The first-order valence-corrected chi connectivity index (χ1v) is 11.0. The van der Waals surface area contributed by atoms with Crippen molar-refractivity contribution in [2.24, 2.45) is 0 Å². The fourth-order valence-corrected chi connectivity index (χ4v) is 4.12. The molecule has 0 saturated carbocycles. The SMILES string of the molecule is COc1ccc(Nc2ncc(C(=O)N3CCN(c4ccccn4)CC3)c3ccccc23)cc1. The van der Waals surface area contributed by atoms with Crippen LogP contribution < -0.4 is 15.0 Å². The second kappa shape index (κ2) is 9.16. The number of nitrogens with one attached hydrogen (secondary N) is 1. The Morgan fingerprint density at radius 3 is 2.30 bits per heavy atom. The minimum Gasteiger partial charge on any atom is -0.497 e. The van der Waals surface area contributed by atoms with Gasteiger partial charge in [-0.15, -0.1) is 0 Å². The highest BCUT2D eigenvalue weighted by Gasteiger charge is 2.24. The smallest absolute Gasteiger partial charge is 0.256 e. The third-order valence-electron chi connectivity index (χ3n) is 5.92. The number of rotatable bonds is 5. The van der Waals surface area contributed by atoms with Gasteiger partial charge in [-0.3, -0.25) is 4.79 Å². The number of fused-ring (bicyclic) bond motifs is 1. The summed E-state index contributed by atoms with van der Waals surface area (Å²) in [5.74, 6) is 2.47. The van der Waals surface area contributed by atoms with Crippen LogP contribution in [0.2, 0.25) is 0 Å². The number of carbonyl (C=O) groups excluding carboxylic acids is 1. The Bertz CT molecular complexity index is 1250. The maximum atomic E-state index is 13.4. The molecular formula is C26H25N5O2. The molecule has 0 bridgehead atoms. The van der Waals surface area contributed by atoms with Crippen LogP contribution in [-0.4, -0.2) is 54.1 Å². The average Bonchev–Trinajstić information content (AvgIpc) is 2.89. The van der Waals surface area contributed by atoms with E-state index in [0.717, 1.165) is 41.1 Å². The number of amides is 1. The van der Waals surface area contributed by atoms with Crippen molar-refractivity contribution < 1.29 is 9.53 Å². The third-order valence-corrected chi connectivity index (χ3v) is 5.92. The number of benzene rings is 2. The van der Waals surface area contributed by atoms with Crippen molar-refractivity contribution in [2.45, 2.75) is 0 Å². The summed E-state index contributed by atoms with van der Waals surface area (Å²) in [6, 6.07) is 21.5. The Morgan fingerprint density at radius 1 is 0.879 bits per heavy atom. The van der Waals surface area contributed by atoms with Crippen LogP contribution in [0.5, 0.6) is 5.75 Å². The summed E-state index contributed by atoms with van der Waals surface area (Å²) >= 11 is 0. The summed E-state index contributed by atoms with van der Waals surface area (Å²) in [5, 5.41) is 5.16. The molecule has 1 amide bonds. The van der Waals surface area contributed by atoms with E-state index in [1.165, 1.54) is 0 Å². The molecule has 1 aliphatic heterocycles. The number of pyridine rings is 2. The van der Waals surface area contributed by atoms with E-state index in [2.05, 4.69) is 20.2 Å². The molecule has 0 atom stereocenters. The highest BCUT2D eigenvalue weighted by Crippen LogP contribution is 2.28. The van der Waals surface area contributed by atoms with Crippen molar-refractivity contribution in [3.63, 3.8) is 0 Å². The molecule has 0 unspecified atom stereocenters. The Balaban J connectivity index is 1.36. The van der Waals surface area contributed by atoms with Gasteiger partial charge in [-0.1, -0.05) is 30.3 Å². The van der Waals surface area contributed by atoms with Crippen molar-refractivity contribution in [2.75, 3.05) is 43.5 Å². The topological polar surface area (TPSA) is 70.6 Å². The highest BCUT2D eigenvalue weighted by atomic mass is 16.5. The fraction of sp³-hybridized carbons (Fsp3) is 0.192. The van der Waals surface area contributed by atoms with E-state index in [-0.39, 0.29) is 5.91 Å². The first-order valence-electron chi connectivity index (χ1n) is 11.0. The van der Waals surface area contributed by atoms with Gasteiger partial charge in [-0.2, -0.15) is 0 Å². The maximum absolute atomic E-state index is 13.4. The molecule has 0 aliphatic carbocycles. The average molecular weight is 440 g/mol. The van der Waals surface area contributed by atoms with Crippen LogP contribution in [0.25, 0.3) is 10.8 Å². The molecule has 0 radical (unpaired) electrons. The van der Waals surface area contributed by atoms with Gasteiger partial charge in [0, 0.05) is 49.6 Å². The third kappa shape index (κ3) is 4.30. The van der Waals surface area contributed by atoms with E-state index in [0.29, 0.717) is 24.5 Å². The normalized spacial score (nSPS) is 13.7. The van der Waals surface area contributed by atoms with Crippen molar-refractivity contribution in [3.8, 4) is 5.75 Å². The van der Waals surface area contributed by atoms with Gasteiger partial charge in [-0.25, -0.2) is 9.97 Å². The van der Waals surface area contributed by atoms with Crippen LogP contribution in [0.15, 0.2) is 79.1 Å². The number of methoxy groups -OCH3 is 1. The van der Waals surface area contributed by atoms with Crippen LogP contribution in [0.3, 0.4) is 0 Å². The summed E-state index contributed by atoms with van der Waals surface area (Å²) in [6.45, 7) is 2.81. The lowest BCUT2D eigenvalue weighted by Gasteiger charge is -2.35. The number of hydrogen-bond acceptors (Lipinski definition) is 6. The number of hydrogen-bond donors (Lipinski definition) is 1. The van der Waals surface area contributed by atoms with E-state index in [1.54, 1.807) is 19.5 Å². The van der Waals surface area contributed by atoms with Crippen molar-refractivity contribution >= 4 is 34.0 Å². The molecule has 166 valence electrons. The molecule has 7 nitrogen and oxygen atoms in total. The van der Waals surface area contributed by atoms with E-state index in [9.17, 15) is 4.79 Å². The van der Waals surface area contributed by atoms with Crippen molar-refractivity contribution in [3.05, 3.63) is 84.7 Å². The minimum absolute atomic E-state index is 0.00960.